The van der Waals surface area contributed by atoms with Crippen molar-refractivity contribution in [3.63, 3.8) is 0 Å². The molecule has 2 aromatic rings. The van der Waals surface area contributed by atoms with E-state index in [-0.39, 0.29) is 18.5 Å². The number of hydrogen-bond donors (Lipinski definition) is 0. The Morgan fingerprint density at radius 3 is 2.90 bits per heavy atom. The van der Waals surface area contributed by atoms with Gasteiger partial charge >= 0.3 is 5.97 Å². The average Bonchev–Trinajstić information content (AvgIpc) is 2.53. The summed E-state index contributed by atoms with van der Waals surface area (Å²) in [6.07, 6.45) is 4.68. The van der Waals surface area contributed by atoms with Gasteiger partial charge in [-0.2, -0.15) is 0 Å². The number of carbonyl (C=O) groups is 1. The van der Waals surface area contributed by atoms with Crippen LogP contribution in [0, 0.1) is 0 Å². The Morgan fingerprint density at radius 2 is 2.05 bits per heavy atom. The van der Waals surface area contributed by atoms with Crippen molar-refractivity contribution in [2.75, 3.05) is 0 Å². The van der Waals surface area contributed by atoms with Gasteiger partial charge in [-0.15, -0.1) is 0 Å². The molecule has 3 nitrogen and oxygen atoms in total. The van der Waals surface area contributed by atoms with Gasteiger partial charge in [0.05, 0.1) is 11.6 Å². The molecule has 0 saturated heterocycles. The van der Waals surface area contributed by atoms with Crippen molar-refractivity contribution in [2.24, 2.45) is 0 Å². The molecule has 1 unspecified atom stereocenters. The third-order valence-corrected chi connectivity index (χ3v) is 3.74. The van der Waals surface area contributed by atoms with Crippen LogP contribution in [0.2, 0.25) is 0 Å². The predicted octanol–water partition coefficient (Wildman–Crippen LogP) is 3.24. The van der Waals surface area contributed by atoms with Crippen LogP contribution in [0.4, 0.5) is 0 Å². The second kappa shape index (κ2) is 5.87. The summed E-state index contributed by atoms with van der Waals surface area (Å²) in [7, 11) is 0. The zero-order chi connectivity index (χ0) is 13.8. The van der Waals surface area contributed by atoms with Crippen molar-refractivity contribution in [1.82, 2.24) is 4.98 Å². The van der Waals surface area contributed by atoms with Crippen LogP contribution >= 0.6 is 0 Å². The molecule has 0 N–H and O–H groups in total. The number of pyridine rings is 1. The summed E-state index contributed by atoms with van der Waals surface area (Å²) in [6.45, 7) is 0.248. The van der Waals surface area contributed by atoms with E-state index in [2.05, 4.69) is 11.1 Å². The normalized spacial score (nSPS) is 17.3. The van der Waals surface area contributed by atoms with Gasteiger partial charge < -0.3 is 4.74 Å². The topological polar surface area (TPSA) is 39.2 Å². The molecule has 1 aliphatic carbocycles. The number of rotatable bonds is 3. The van der Waals surface area contributed by atoms with Gasteiger partial charge in [-0.25, -0.2) is 0 Å². The SMILES string of the molecule is O=C(OCc1ccccn1)C1CCCc2ccccc21. The number of aromatic nitrogens is 1. The maximum absolute atomic E-state index is 12.3. The number of fused-ring (bicyclic) bond motifs is 1. The molecule has 1 aliphatic rings. The number of aryl methyl sites for hydroxylation is 1. The van der Waals surface area contributed by atoms with Crippen LogP contribution in [0.5, 0.6) is 0 Å². The summed E-state index contributed by atoms with van der Waals surface area (Å²) < 4.78 is 5.42. The summed E-state index contributed by atoms with van der Waals surface area (Å²) in [5, 5.41) is 0. The van der Waals surface area contributed by atoms with E-state index < -0.39 is 0 Å². The van der Waals surface area contributed by atoms with E-state index in [0.29, 0.717) is 0 Å². The van der Waals surface area contributed by atoms with Gasteiger partial charge in [0.25, 0.3) is 0 Å². The van der Waals surface area contributed by atoms with Crippen molar-refractivity contribution in [3.8, 4) is 0 Å². The Bertz CT molecular complexity index is 595. The number of esters is 1. The molecule has 20 heavy (non-hydrogen) atoms. The first-order valence-electron chi connectivity index (χ1n) is 6.99. The third-order valence-electron chi connectivity index (χ3n) is 3.74. The molecule has 0 fully saturated rings. The van der Waals surface area contributed by atoms with Gasteiger partial charge in [0, 0.05) is 6.20 Å². The number of carbonyl (C=O) groups excluding carboxylic acids is 1. The molecule has 1 aromatic carbocycles. The van der Waals surface area contributed by atoms with Crippen molar-refractivity contribution < 1.29 is 9.53 Å². The molecule has 0 amide bonds. The van der Waals surface area contributed by atoms with Crippen LogP contribution in [-0.4, -0.2) is 11.0 Å². The fourth-order valence-electron chi connectivity index (χ4n) is 2.73. The Hall–Kier alpha value is -2.16. The Balaban J connectivity index is 1.69. The monoisotopic (exact) mass is 267 g/mol. The molecule has 1 heterocycles. The lowest BCUT2D eigenvalue weighted by Crippen LogP contribution is -2.20. The second-order valence-corrected chi connectivity index (χ2v) is 5.07. The molecule has 1 aromatic heterocycles. The van der Waals surface area contributed by atoms with E-state index >= 15 is 0 Å². The lowest BCUT2D eigenvalue weighted by molar-refractivity contribution is -0.147. The molecule has 0 bridgehead atoms. The van der Waals surface area contributed by atoms with E-state index in [9.17, 15) is 4.79 Å². The van der Waals surface area contributed by atoms with Crippen molar-refractivity contribution in [3.05, 3.63) is 65.5 Å². The molecular formula is C17H17NO2. The van der Waals surface area contributed by atoms with E-state index in [4.69, 9.17) is 4.74 Å². The highest BCUT2D eigenvalue weighted by atomic mass is 16.5. The molecule has 102 valence electrons. The highest BCUT2D eigenvalue weighted by Crippen LogP contribution is 2.32. The van der Waals surface area contributed by atoms with E-state index in [1.807, 2.05) is 36.4 Å². The largest absolute Gasteiger partial charge is 0.459 e. The number of nitrogens with zero attached hydrogens (tertiary/aromatic N) is 1. The molecule has 3 heteroatoms. The summed E-state index contributed by atoms with van der Waals surface area (Å²) in [5.41, 5.74) is 3.19. The van der Waals surface area contributed by atoms with Crippen molar-refractivity contribution in [2.45, 2.75) is 31.8 Å². The lowest BCUT2D eigenvalue weighted by Gasteiger charge is -2.23. The van der Waals surface area contributed by atoms with Gasteiger partial charge in [0.15, 0.2) is 0 Å². The van der Waals surface area contributed by atoms with E-state index in [1.165, 1.54) is 5.56 Å². The second-order valence-electron chi connectivity index (χ2n) is 5.07. The average molecular weight is 267 g/mol. The highest BCUT2D eigenvalue weighted by Gasteiger charge is 2.27. The van der Waals surface area contributed by atoms with Crippen molar-refractivity contribution >= 4 is 5.97 Å². The van der Waals surface area contributed by atoms with Crippen LogP contribution < -0.4 is 0 Å². The van der Waals surface area contributed by atoms with Gasteiger partial charge in [-0.05, 0) is 42.5 Å². The third kappa shape index (κ3) is 2.72. The smallest absolute Gasteiger partial charge is 0.313 e. The standard InChI is InChI=1S/C17H17NO2/c19-17(20-12-14-8-3-4-11-18-14)16-10-5-7-13-6-1-2-9-15(13)16/h1-4,6,8-9,11,16H,5,7,10,12H2. The first-order valence-corrected chi connectivity index (χ1v) is 6.99. The van der Waals surface area contributed by atoms with Crippen LogP contribution in [0.1, 0.15) is 35.6 Å². The minimum atomic E-state index is -0.136. The number of hydrogen-bond acceptors (Lipinski definition) is 3. The quantitative estimate of drug-likeness (QED) is 0.801. The van der Waals surface area contributed by atoms with Gasteiger partial charge in [0.2, 0.25) is 0 Å². The lowest BCUT2D eigenvalue weighted by atomic mass is 9.83. The van der Waals surface area contributed by atoms with Gasteiger partial charge in [0.1, 0.15) is 6.61 Å². The minimum Gasteiger partial charge on any atom is -0.459 e. The zero-order valence-electron chi connectivity index (χ0n) is 11.3. The fraction of sp³-hybridized carbons (Fsp3) is 0.294. The zero-order valence-corrected chi connectivity index (χ0v) is 11.3. The van der Waals surface area contributed by atoms with Gasteiger partial charge in [-0.3, -0.25) is 9.78 Å². The molecule has 0 saturated carbocycles. The van der Waals surface area contributed by atoms with E-state index in [1.54, 1.807) is 6.20 Å². The van der Waals surface area contributed by atoms with Crippen LogP contribution in [-0.2, 0) is 22.6 Å². The van der Waals surface area contributed by atoms with Crippen LogP contribution in [0.3, 0.4) is 0 Å². The minimum absolute atomic E-state index is 0.122. The molecule has 0 aliphatic heterocycles. The summed E-state index contributed by atoms with van der Waals surface area (Å²) in [5.74, 6) is -0.258. The maximum Gasteiger partial charge on any atom is 0.313 e. The Kier molecular flexibility index (Phi) is 3.77. The summed E-state index contributed by atoms with van der Waals surface area (Å²) in [6, 6.07) is 13.8. The molecule has 3 rings (SSSR count). The highest BCUT2D eigenvalue weighted by molar-refractivity contribution is 5.79. The Labute approximate surface area is 118 Å². The van der Waals surface area contributed by atoms with Gasteiger partial charge in [-0.1, -0.05) is 30.3 Å². The maximum atomic E-state index is 12.3. The number of benzene rings is 1. The number of ether oxygens (including phenoxy) is 1. The van der Waals surface area contributed by atoms with Crippen LogP contribution in [0.25, 0.3) is 0 Å². The van der Waals surface area contributed by atoms with Crippen LogP contribution in [0.15, 0.2) is 48.7 Å². The fourth-order valence-corrected chi connectivity index (χ4v) is 2.73. The molecule has 0 spiro atoms. The Morgan fingerprint density at radius 1 is 1.20 bits per heavy atom. The van der Waals surface area contributed by atoms with Crippen molar-refractivity contribution in [1.29, 1.82) is 0 Å². The molecule has 1 atom stereocenters. The molecular weight excluding hydrogens is 250 g/mol. The predicted molar refractivity (Wildman–Crippen MR) is 76.2 cm³/mol. The summed E-state index contributed by atoms with van der Waals surface area (Å²) in [4.78, 5) is 16.4. The molecule has 0 radical (unpaired) electrons. The first-order chi connectivity index (χ1) is 9.84. The first kappa shape index (κ1) is 12.9. The van der Waals surface area contributed by atoms with E-state index in [0.717, 1.165) is 30.5 Å². The summed E-state index contributed by atoms with van der Waals surface area (Å²) >= 11 is 0.